The van der Waals surface area contributed by atoms with Crippen LogP contribution in [0.25, 0.3) is 0 Å². The highest BCUT2D eigenvalue weighted by Gasteiger charge is 2.21. The maximum absolute atomic E-state index is 10.0. The first-order chi connectivity index (χ1) is 7.27. The summed E-state index contributed by atoms with van der Waals surface area (Å²) in [5.74, 6) is 0.347. The molecule has 90 valence electrons. The van der Waals surface area contributed by atoms with E-state index in [1.165, 1.54) is 0 Å². The van der Waals surface area contributed by atoms with Crippen LogP contribution in [0.3, 0.4) is 0 Å². The lowest BCUT2D eigenvalue weighted by Crippen LogP contribution is -2.13. The molecule has 0 aliphatic heterocycles. The highest BCUT2D eigenvalue weighted by Crippen LogP contribution is 2.35. The van der Waals surface area contributed by atoms with Crippen LogP contribution < -0.4 is 0 Å². The lowest BCUT2D eigenvalue weighted by molar-refractivity contribution is 0.173. The molecule has 2 N–H and O–H groups in total. The zero-order chi connectivity index (χ0) is 12.5. The van der Waals surface area contributed by atoms with E-state index < -0.39 is 6.10 Å². The van der Waals surface area contributed by atoms with Gasteiger partial charge in [0.1, 0.15) is 5.75 Å². The molecule has 1 aromatic rings. The fourth-order valence-corrected chi connectivity index (χ4v) is 1.81. The molecule has 0 bridgehead atoms. The summed E-state index contributed by atoms with van der Waals surface area (Å²) in [6, 6.07) is 3.77. The first kappa shape index (κ1) is 13.0. The molecule has 16 heavy (non-hydrogen) atoms. The van der Waals surface area contributed by atoms with Crippen molar-refractivity contribution < 1.29 is 10.2 Å². The van der Waals surface area contributed by atoms with Crippen LogP contribution in [0.1, 0.15) is 56.9 Å². The minimum absolute atomic E-state index is 0.113. The fraction of sp³-hybridized carbons (Fsp3) is 0.571. The van der Waals surface area contributed by atoms with E-state index in [1.54, 1.807) is 0 Å². The molecule has 0 aliphatic rings. The lowest BCUT2D eigenvalue weighted by atomic mass is 9.83. The summed E-state index contributed by atoms with van der Waals surface area (Å²) in [4.78, 5) is 0. The van der Waals surface area contributed by atoms with Crippen LogP contribution in [0, 0.1) is 6.92 Å². The van der Waals surface area contributed by atoms with Gasteiger partial charge in [0.15, 0.2) is 0 Å². The van der Waals surface area contributed by atoms with Crippen molar-refractivity contribution in [1.29, 1.82) is 0 Å². The van der Waals surface area contributed by atoms with Gasteiger partial charge in [0.2, 0.25) is 0 Å². The van der Waals surface area contributed by atoms with Crippen molar-refractivity contribution in [3.8, 4) is 5.75 Å². The number of benzene rings is 1. The highest BCUT2D eigenvalue weighted by atomic mass is 16.3. The van der Waals surface area contributed by atoms with Crippen LogP contribution in [0.2, 0.25) is 0 Å². The standard InChI is InChI=1S/C14H22O2/c1-6-12(15)10-7-9(2)13(16)11(8-10)14(3,4)5/h7-8,12,15-16H,6H2,1-5H3. The van der Waals surface area contributed by atoms with E-state index in [9.17, 15) is 10.2 Å². The van der Waals surface area contributed by atoms with E-state index in [1.807, 2.05) is 26.0 Å². The average Bonchev–Trinajstić information content (AvgIpc) is 2.18. The third-order valence-electron chi connectivity index (χ3n) is 2.90. The first-order valence-corrected chi connectivity index (χ1v) is 5.79. The number of rotatable bonds is 2. The number of phenolic OH excluding ortho intramolecular Hbond substituents is 1. The van der Waals surface area contributed by atoms with Crippen LogP contribution in [0.4, 0.5) is 0 Å². The summed E-state index contributed by atoms with van der Waals surface area (Å²) in [7, 11) is 0. The van der Waals surface area contributed by atoms with Gasteiger partial charge in [-0.05, 0) is 47.6 Å². The SMILES string of the molecule is CCC(O)c1cc(C)c(O)c(C(C)(C)C)c1. The second kappa shape index (κ2) is 4.46. The van der Waals surface area contributed by atoms with Crippen molar-refractivity contribution in [3.63, 3.8) is 0 Å². The number of aliphatic hydroxyl groups excluding tert-OH is 1. The summed E-state index contributed by atoms with van der Waals surface area (Å²) in [5, 5.41) is 19.9. The molecule has 0 aliphatic carbocycles. The second-order valence-corrected chi connectivity index (χ2v) is 5.41. The molecule has 1 unspecified atom stereocenters. The third-order valence-corrected chi connectivity index (χ3v) is 2.90. The number of aryl methyl sites for hydroxylation is 1. The second-order valence-electron chi connectivity index (χ2n) is 5.41. The Morgan fingerprint density at radius 3 is 2.25 bits per heavy atom. The topological polar surface area (TPSA) is 40.5 Å². The van der Waals surface area contributed by atoms with Crippen LogP contribution in [-0.2, 0) is 5.41 Å². The Labute approximate surface area is 97.9 Å². The van der Waals surface area contributed by atoms with Crippen molar-refractivity contribution in [2.24, 2.45) is 0 Å². The van der Waals surface area contributed by atoms with E-state index in [0.717, 1.165) is 16.7 Å². The summed E-state index contributed by atoms with van der Waals surface area (Å²) >= 11 is 0. The number of hydrogen-bond donors (Lipinski definition) is 2. The van der Waals surface area contributed by atoms with Gasteiger partial charge in [-0.25, -0.2) is 0 Å². The summed E-state index contributed by atoms with van der Waals surface area (Å²) in [6.07, 6.45) is 0.244. The van der Waals surface area contributed by atoms with Crippen molar-refractivity contribution in [2.45, 2.75) is 52.6 Å². The number of aromatic hydroxyl groups is 1. The maximum atomic E-state index is 10.0. The van der Waals surface area contributed by atoms with Gasteiger partial charge in [-0.2, -0.15) is 0 Å². The van der Waals surface area contributed by atoms with E-state index in [0.29, 0.717) is 12.2 Å². The lowest BCUT2D eigenvalue weighted by Gasteiger charge is -2.23. The molecule has 0 aromatic heterocycles. The number of hydrogen-bond acceptors (Lipinski definition) is 2. The van der Waals surface area contributed by atoms with Gasteiger partial charge >= 0.3 is 0 Å². The molecule has 2 heteroatoms. The monoisotopic (exact) mass is 222 g/mol. The van der Waals surface area contributed by atoms with Gasteiger partial charge in [0.05, 0.1) is 6.10 Å². The molecule has 0 saturated heterocycles. The molecule has 1 rings (SSSR count). The van der Waals surface area contributed by atoms with Gasteiger partial charge < -0.3 is 10.2 Å². The molecule has 1 atom stereocenters. The molecular weight excluding hydrogens is 200 g/mol. The van der Waals surface area contributed by atoms with Crippen molar-refractivity contribution >= 4 is 0 Å². The van der Waals surface area contributed by atoms with Crippen LogP contribution in [-0.4, -0.2) is 10.2 Å². The Hall–Kier alpha value is -1.02. The average molecular weight is 222 g/mol. The molecule has 0 heterocycles. The molecule has 0 saturated carbocycles. The van der Waals surface area contributed by atoms with Crippen LogP contribution in [0.5, 0.6) is 5.75 Å². The Morgan fingerprint density at radius 1 is 1.25 bits per heavy atom. The number of aliphatic hydroxyl groups is 1. The van der Waals surface area contributed by atoms with Crippen LogP contribution >= 0.6 is 0 Å². The number of phenols is 1. The minimum Gasteiger partial charge on any atom is -0.507 e. The summed E-state index contributed by atoms with van der Waals surface area (Å²) < 4.78 is 0. The third kappa shape index (κ3) is 2.56. The zero-order valence-electron chi connectivity index (χ0n) is 10.8. The van der Waals surface area contributed by atoms with Crippen molar-refractivity contribution in [1.82, 2.24) is 0 Å². The Bertz CT molecular complexity index is 375. The fourth-order valence-electron chi connectivity index (χ4n) is 1.81. The molecule has 0 radical (unpaired) electrons. The first-order valence-electron chi connectivity index (χ1n) is 5.79. The molecule has 0 spiro atoms. The van der Waals surface area contributed by atoms with E-state index in [2.05, 4.69) is 20.8 Å². The molecule has 0 amide bonds. The summed E-state index contributed by atoms with van der Waals surface area (Å²) in [6.45, 7) is 10.00. The predicted octanol–water partition coefficient (Wildman–Crippen LogP) is 3.44. The predicted molar refractivity (Wildman–Crippen MR) is 66.8 cm³/mol. The Kier molecular flexibility index (Phi) is 3.64. The molecular formula is C14H22O2. The van der Waals surface area contributed by atoms with Gasteiger partial charge in [-0.1, -0.05) is 27.7 Å². The quantitative estimate of drug-likeness (QED) is 0.804. The van der Waals surface area contributed by atoms with Gasteiger partial charge in [-0.15, -0.1) is 0 Å². The van der Waals surface area contributed by atoms with Crippen molar-refractivity contribution in [2.75, 3.05) is 0 Å². The normalized spacial score (nSPS) is 13.9. The highest BCUT2D eigenvalue weighted by molar-refractivity contribution is 5.46. The zero-order valence-corrected chi connectivity index (χ0v) is 10.8. The molecule has 1 aromatic carbocycles. The Morgan fingerprint density at radius 2 is 1.81 bits per heavy atom. The van der Waals surface area contributed by atoms with Crippen LogP contribution in [0.15, 0.2) is 12.1 Å². The minimum atomic E-state index is -0.444. The van der Waals surface area contributed by atoms with Gasteiger partial charge in [0.25, 0.3) is 0 Å². The Balaban J connectivity index is 3.33. The molecule has 0 fully saturated rings. The van der Waals surface area contributed by atoms with Crippen molar-refractivity contribution in [3.05, 3.63) is 28.8 Å². The van der Waals surface area contributed by atoms with E-state index >= 15 is 0 Å². The maximum Gasteiger partial charge on any atom is 0.122 e. The smallest absolute Gasteiger partial charge is 0.122 e. The van der Waals surface area contributed by atoms with E-state index in [4.69, 9.17) is 0 Å². The summed E-state index contributed by atoms with van der Waals surface area (Å²) in [5.41, 5.74) is 2.51. The molecule has 2 nitrogen and oxygen atoms in total. The largest absolute Gasteiger partial charge is 0.507 e. The van der Waals surface area contributed by atoms with E-state index in [-0.39, 0.29) is 5.41 Å². The van der Waals surface area contributed by atoms with Gasteiger partial charge in [-0.3, -0.25) is 0 Å². The van der Waals surface area contributed by atoms with Gasteiger partial charge in [0, 0.05) is 0 Å².